The zero-order chi connectivity index (χ0) is 10.2. The molecule has 0 fully saturated rings. The van der Waals surface area contributed by atoms with E-state index in [0.717, 1.165) is 11.8 Å². The van der Waals surface area contributed by atoms with Gasteiger partial charge in [-0.05, 0) is 18.4 Å². The topological polar surface area (TPSA) is 58.6 Å². The molecular formula is C9H9NO3S. The minimum absolute atomic E-state index is 0.573. The second-order valence-electron chi connectivity index (χ2n) is 2.85. The summed E-state index contributed by atoms with van der Waals surface area (Å²) < 4.78 is 5.36. The van der Waals surface area contributed by atoms with Crippen molar-refractivity contribution in [3.05, 3.63) is 24.3 Å². The van der Waals surface area contributed by atoms with Crippen LogP contribution >= 0.6 is 11.8 Å². The molecule has 74 valence electrons. The molecule has 0 saturated carbocycles. The second kappa shape index (κ2) is 3.09. The van der Waals surface area contributed by atoms with Crippen molar-refractivity contribution >= 4 is 23.4 Å². The average Bonchev–Trinajstić information content (AvgIpc) is 2.57. The Morgan fingerprint density at radius 2 is 2.29 bits per heavy atom. The number of nitrogens with one attached hydrogen (secondary N) is 1. The van der Waals surface area contributed by atoms with Gasteiger partial charge in [0.05, 0.1) is 5.69 Å². The predicted octanol–water partition coefficient (Wildman–Crippen LogP) is 1.59. The lowest BCUT2D eigenvalue weighted by atomic mass is 10.3. The van der Waals surface area contributed by atoms with Crippen LogP contribution in [0, 0.1) is 0 Å². The first-order chi connectivity index (χ1) is 6.68. The minimum atomic E-state index is -1.37. The van der Waals surface area contributed by atoms with Gasteiger partial charge >= 0.3 is 11.0 Å². The summed E-state index contributed by atoms with van der Waals surface area (Å²) in [6, 6.07) is 7.16. The van der Waals surface area contributed by atoms with Gasteiger partial charge < -0.3 is 15.2 Å². The minimum Gasteiger partial charge on any atom is -0.476 e. The van der Waals surface area contributed by atoms with E-state index in [1.165, 1.54) is 0 Å². The van der Waals surface area contributed by atoms with Crippen molar-refractivity contribution in [2.45, 2.75) is 5.06 Å². The van der Waals surface area contributed by atoms with Crippen molar-refractivity contribution in [2.24, 2.45) is 0 Å². The first kappa shape index (κ1) is 9.21. The average molecular weight is 211 g/mol. The molecule has 2 rings (SSSR count). The van der Waals surface area contributed by atoms with E-state index in [-0.39, 0.29) is 0 Å². The molecule has 1 heterocycles. The van der Waals surface area contributed by atoms with Crippen LogP contribution in [0.4, 0.5) is 5.69 Å². The van der Waals surface area contributed by atoms with Gasteiger partial charge in [0.2, 0.25) is 0 Å². The molecule has 0 saturated heterocycles. The smallest absolute Gasteiger partial charge is 0.381 e. The van der Waals surface area contributed by atoms with Crippen molar-refractivity contribution in [1.29, 1.82) is 0 Å². The summed E-state index contributed by atoms with van der Waals surface area (Å²) in [5.41, 5.74) is 0.712. The van der Waals surface area contributed by atoms with Gasteiger partial charge in [-0.15, -0.1) is 0 Å². The largest absolute Gasteiger partial charge is 0.476 e. The molecule has 0 aliphatic carbocycles. The number of anilines is 1. The lowest BCUT2D eigenvalue weighted by Crippen LogP contribution is -2.44. The van der Waals surface area contributed by atoms with Gasteiger partial charge in [-0.1, -0.05) is 23.9 Å². The summed E-state index contributed by atoms with van der Waals surface area (Å²) in [6.45, 7) is 0. The van der Waals surface area contributed by atoms with Gasteiger partial charge in [0.25, 0.3) is 0 Å². The molecule has 1 aromatic rings. The molecule has 1 aliphatic rings. The van der Waals surface area contributed by atoms with Gasteiger partial charge in [0.15, 0.2) is 0 Å². The molecule has 0 aromatic heterocycles. The quantitative estimate of drug-likeness (QED) is 0.778. The number of aliphatic carboxylic acids is 1. The Balaban J connectivity index is 2.37. The fourth-order valence-electron chi connectivity index (χ4n) is 1.29. The van der Waals surface area contributed by atoms with Crippen LogP contribution in [0.1, 0.15) is 0 Å². The zero-order valence-corrected chi connectivity index (χ0v) is 8.30. The highest BCUT2D eigenvalue weighted by Crippen LogP contribution is 2.40. The molecule has 1 unspecified atom stereocenters. The molecule has 0 bridgehead atoms. The van der Waals surface area contributed by atoms with Crippen LogP contribution in [0.15, 0.2) is 24.3 Å². The van der Waals surface area contributed by atoms with E-state index in [1.807, 2.05) is 6.07 Å². The molecule has 1 aliphatic heterocycles. The molecule has 4 nitrogen and oxygen atoms in total. The molecule has 5 heteroatoms. The Morgan fingerprint density at radius 1 is 1.57 bits per heavy atom. The number of carbonyl (C=O) groups is 1. The van der Waals surface area contributed by atoms with Crippen LogP contribution < -0.4 is 10.1 Å². The van der Waals surface area contributed by atoms with Crippen molar-refractivity contribution in [2.75, 3.05) is 11.6 Å². The number of ether oxygens (including phenoxy) is 1. The number of fused-ring (bicyclic) bond motifs is 1. The van der Waals surface area contributed by atoms with Crippen LogP contribution in [0.3, 0.4) is 0 Å². The highest BCUT2D eigenvalue weighted by Gasteiger charge is 2.45. The number of para-hydroxylation sites is 2. The van der Waals surface area contributed by atoms with E-state index < -0.39 is 11.0 Å². The van der Waals surface area contributed by atoms with E-state index in [2.05, 4.69) is 5.32 Å². The van der Waals surface area contributed by atoms with Crippen LogP contribution in [0.2, 0.25) is 0 Å². The van der Waals surface area contributed by atoms with Crippen LogP contribution in [-0.2, 0) is 4.79 Å². The van der Waals surface area contributed by atoms with Crippen LogP contribution in [-0.4, -0.2) is 22.4 Å². The van der Waals surface area contributed by atoms with Crippen LogP contribution in [0.25, 0.3) is 0 Å². The Kier molecular flexibility index (Phi) is 2.03. The molecular weight excluding hydrogens is 202 g/mol. The number of rotatable bonds is 2. The summed E-state index contributed by atoms with van der Waals surface area (Å²) in [7, 11) is 0. The van der Waals surface area contributed by atoms with Crippen molar-refractivity contribution in [3.8, 4) is 5.75 Å². The highest BCUT2D eigenvalue weighted by molar-refractivity contribution is 8.00. The van der Waals surface area contributed by atoms with Crippen molar-refractivity contribution < 1.29 is 14.6 Å². The van der Waals surface area contributed by atoms with Gasteiger partial charge in [-0.25, -0.2) is 4.79 Å². The van der Waals surface area contributed by atoms with E-state index in [1.54, 1.807) is 24.5 Å². The maximum absolute atomic E-state index is 11.0. The second-order valence-corrected chi connectivity index (χ2v) is 3.83. The van der Waals surface area contributed by atoms with E-state index in [9.17, 15) is 4.79 Å². The molecule has 0 spiro atoms. The Morgan fingerprint density at radius 3 is 2.86 bits per heavy atom. The monoisotopic (exact) mass is 211 g/mol. The number of carboxylic acid groups (broad SMARTS) is 1. The Hall–Kier alpha value is -1.36. The van der Waals surface area contributed by atoms with Gasteiger partial charge in [-0.2, -0.15) is 0 Å². The molecule has 14 heavy (non-hydrogen) atoms. The van der Waals surface area contributed by atoms with Gasteiger partial charge in [0.1, 0.15) is 5.75 Å². The molecule has 1 atom stereocenters. The first-order valence-electron chi connectivity index (χ1n) is 4.03. The van der Waals surface area contributed by atoms with E-state index >= 15 is 0 Å². The molecule has 1 aromatic carbocycles. The maximum Gasteiger partial charge on any atom is 0.381 e. The summed E-state index contributed by atoms with van der Waals surface area (Å²) in [5, 5.41) is 10.5. The SMILES string of the molecule is CSC1(C(=O)O)Nc2ccccc2O1. The molecule has 2 N–H and O–H groups in total. The van der Waals surface area contributed by atoms with Gasteiger partial charge in [-0.3, -0.25) is 0 Å². The van der Waals surface area contributed by atoms with Gasteiger partial charge in [0, 0.05) is 0 Å². The number of carboxylic acids is 1. The summed E-state index contributed by atoms with van der Waals surface area (Å²) in [6.07, 6.45) is 1.69. The zero-order valence-electron chi connectivity index (χ0n) is 7.48. The van der Waals surface area contributed by atoms with E-state index in [4.69, 9.17) is 9.84 Å². The highest BCUT2D eigenvalue weighted by atomic mass is 32.2. The third-order valence-corrected chi connectivity index (χ3v) is 2.94. The maximum atomic E-state index is 11.0. The first-order valence-corrected chi connectivity index (χ1v) is 5.25. The Bertz CT molecular complexity index is 355. The summed E-state index contributed by atoms with van der Waals surface area (Å²) >= 11 is 1.11. The summed E-state index contributed by atoms with van der Waals surface area (Å²) in [5.74, 6) is -0.453. The third kappa shape index (κ3) is 1.21. The normalized spacial score (nSPS) is 23.5. The summed E-state index contributed by atoms with van der Waals surface area (Å²) in [4.78, 5) is 11.0. The predicted molar refractivity (Wildman–Crippen MR) is 54.6 cm³/mol. The number of hydrogen-bond acceptors (Lipinski definition) is 4. The van der Waals surface area contributed by atoms with Crippen molar-refractivity contribution in [3.63, 3.8) is 0 Å². The lowest BCUT2D eigenvalue weighted by Gasteiger charge is -2.21. The standard InChI is InChI=1S/C9H9NO3S/c1-14-9(8(11)12)10-6-4-2-3-5-7(6)13-9/h2-5,10H,1H3,(H,11,12). The lowest BCUT2D eigenvalue weighted by molar-refractivity contribution is -0.145. The number of thioether (sulfide) groups is 1. The third-order valence-electron chi connectivity index (χ3n) is 2.01. The Labute approximate surface area is 85.3 Å². The molecule has 0 radical (unpaired) electrons. The number of benzene rings is 1. The van der Waals surface area contributed by atoms with Crippen LogP contribution in [0.5, 0.6) is 5.75 Å². The fraction of sp³-hybridized carbons (Fsp3) is 0.222. The molecule has 0 amide bonds. The number of hydrogen-bond donors (Lipinski definition) is 2. The van der Waals surface area contributed by atoms with E-state index in [0.29, 0.717) is 11.4 Å². The van der Waals surface area contributed by atoms with Crippen molar-refractivity contribution in [1.82, 2.24) is 0 Å². The fourth-order valence-corrected chi connectivity index (χ4v) is 1.85.